The zero-order valence-electron chi connectivity index (χ0n) is 11.5. The molecule has 110 valence electrons. The summed E-state index contributed by atoms with van der Waals surface area (Å²) in [7, 11) is 1.31. The summed E-state index contributed by atoms with van der Waals surface area (Å²) in [5, 5.41) is 3.50. The van der Waals surface area contributed by atoms with E-state index in [0.717, 1.165) is 15.7 Å². The average molecular weight is 370 g/mol. The maximum atomic E-state index is 11.9. The molecule has 2 aromatic carbocycles. The summed E-state index contributed by atoms with van der Waals surface area (Å²) in [6.45, 7) is 1.97. The van der Waals surface area contributed by atoms with Gasteiger partial charge in [-0.05, 0) is 42.8 Å². The van der Waals surface area contributed by atoms with E-state index in [0.29, 0.717) is 22.0 Å². The lowest BCUT2D eigenvalue weighted by Gasteiger charge is -2.14. The highest BCUT2D eigenvalue weighted by molar-refractivity contribution is 9.10. The number of methoxy groups -OCH3 is 1. The van der Waals surface area contributed by atoms with E-state index in [4.69, 9.17) is 22.1 Å². The molecule has 0 saturated carbocycles. The van der Waals surface area contributed by atoms with Gasteiger partial charge in [0.2, 0.25) is 0 Å². The Kier molecular flexibility index (Phi) is 4.75. The summed E-state index contributed by atoms with van der Waals surface area (Å²) in [4.78, 5) is 11.9. The molecule has 2 rings (SSSR count). The summed E-state index contributed by atoms with van der Waals surface area (Å²) >= 11 is 9.64. The van der Waals surface area contributed by atoms with Crippen molar-refractivity contribution >= 4 is 50.6 Å². The van der Waals surface area contributed by atoms with Gasteiger partial charge in [-0.1, -0.05) is 27.5 Å². The van der Waals surface area contributed by atoms with Crippen LogP contribution >= 0.6 is 27.5 Å². The number of anilines is 3. The highest BCUT2D eigenvalue weighted by Gasteiger charge is 2.16. The fraction of sp³-hybridized carbons (Fsp3) is 0.133. The molecule has 3 N–H and O–H groups in total. The third kappa shape index (κ3) is 3.68. The zero-order chi connectivity index (χ0) is 15.6. The van der Waals surface area contributed by atoms with Crippen molar-refractivity contribution < 1.29 is 9.53 Å². The molecular weight excluding hydrogens is 356 g/mol. The lowest BCUT2D eigenvalue weighted by Crippen LogP contribution is -2.07. The maximum Gasteiger partial charge on any atom is 0.340 e. The Morgan fingerprint density at radius 3 is 2.62 bits per heavy atom. The minimum atomic E-state index is -0.501. The van der Waals surface area contributed by atoms with Gasteiger partial charge in [-0.25, -0.2) is 4.79 Å². The SMILES string of the molecule is COC(=O)c1cc(N)cc(Cl)c1Nc1cc(C)cc(Br)c1. The third-order valence-electron chi connectivity index (χ3n) is 2.83. The maximum absolute atomic E-state index is 11.9. The molecule has 0 atom stereocenters. The van der Waals surface area contributed by atoms with Crippen LogP contribution in [0.1, 0.15) is 15.9 Å². The number of esters is 1. The van der Waals surface area contributed by atoms with Gasteiger partial charge < -0.3 is 15.8 Å². The van der Waals surface area contributed by atoms with Crippen molar-refractivity contribution in [2.75, 3.05) is 18.2 Å². The summed E-state index contributed by atoms with van der Waals surface area (Å²) in [6, 6.07) is 8.93. The smallest absolute Gasteiger partial charge is 0.340 e. The van der Waals surface area contributed by atoms with E-state index < -0.39 is 5.97 Å². The lowest BCUT2D eigenvalue weighted by molar-refractivity contribution is 0.0602. The molecule has 0 aliphatic carbocycles. The quantitative estimate of drug-likeness (QED) is 0.616. The summed E-state index contributed by atoms with van der Waals surface area (Å²) in [6.07, 6.45) is 0. The highest BCUT2D eigenvalue weighted by atomic mass is 79.9. The van der Waals surface area contributed by atoms with Crippen molar-refractivity contribution in [3.8, 4) is 0 Å². The second-order valence-electron chi connectivity index (χ2n) is 4.56. The zero-order valence-corrected chi connectivity index (χ0v) is 13.9. The highest BCUT2D eigenvalue weighted by Crippen LogP contribution is 2.33. The van der Waals surface area contributed by atoms with Gasteiger partial charge in [0.15, 0.2) is 0 Å². The topological polar surface area (TPSA) is 64.3 Å². The molecule has 0 aliphatic heterocycles. The molecule has 0 spiro atoms. The van der Waals surface area contributed by atoms with Crippen LogP contribution in [0.5, 0.6) is 0 Å². The number of hydrogen-bond acceptors (Lipinski definition) is 4. The van der Waals surface area contributed by atoms with E-state index >= 15 is 0 Å². The van der Waals surface area contributed by atoms with Crippen molar-refractivity contribution in [1.29, 1.82) is 0 Å². The van der Waals surface area contributed by atoms with Crippen LogP contribution in [0.15, 0.2) is 34.8 Å². The van der Waals surface area contributed by atoms with E-state index in [9.17, 15) is 4.79 Å². The monoisotopic (exact) mass is 368 g/mol. The fourth-order valence-electron chi connectivity index (χ4n) is 1.98. The van der Waals surface area contributed by atoms with Gasteiger partial charge in [0, 0.05) is 15.8 Å². The normalized spacial score (nSPS) is 10.3. The number of carbonyl (C=O) groups excluding carboxylic acids is 1. The fourth-order valence-corrected chi connectivity index (χ4v) is 2.86. The van der Waals surface area contributed by atoms with Gasteiger partial charge in [-0.2, -0.15) is 0 Å². The molecule has 0 radical (unpaired) electrons. The molecule has 0 fully saturated rings. The number of benzene rings is 2. The molecule has 4 nitrogen and oxygen atoms in total. The molecule has 0 aliphatic rings. The Bertz CT molecular complexity index is 684. The number of hydrogen-bond donors (Lipinski definition) is 2. The molecule has 6 heteroatoms. The van der Waals surface area contributed by atoms with Gasteiger partial charge in [0.05, 0.1) is 23.4 Å². The summed E-state index contributed by atoms with van der Waals surface area (Å²) in [5.41, 5.74) is 8.77. The van der Waals surface area contributed by atoms with E-state index in [1.807, 2.05) is 25.1 Å². The average Bonchev–Trinajstić information content (AvgIpc) is 2.39. The molecule has 0 aromatic heterocycles. The number of nitrogen functional groups attached to an aromatic ring is 1. The minimum absolute atomic E-state index is 0.292. The third-order valence-corrected chi connectivity index (χ3v) is 3.59. The molecule has 0 bridgehead atoms. The van der Waals surface area contributed by atoms with Gasteiger partial charge in [0.25, 0.3) is 0 Å². The van der Waals surface area contributed by atoms with Gasteiger partial charge in [0.1, 0.15) is 0 Å². The Morgan fingerprint density at radius 1 is 1.29 bits per heavy atom. The lowest BCUT2D eigenvalue weighted by atomic mass is 10.1. The molecule has 0 saturated heterocycles. The van der Waals surface area contributed by atoms with Crippen molar-refractivity contribution in [2.24, 2.45) is 0 Å². The van der Waals surface area contributed by atoms with E-state index in [2.05, 4.69) is 21.2 Å². The minimum Gasteiger partial charge on any atom is -0.465 e. The molecule has 21 heavy (non-hydrogen) atoms. The van der Waals surface area contributed by atoms with Crippen molar-refractivity contribution in [3.63, 3.8) is 0 Å². The number of nitrogens with two attached hydrogens (primary N) is 1. The Hall–Kier alpha value is -1.72. The molecule has 2 aromatic rings. The second-order valence-corrected chi connectivity index (χ2v) is 5.88. The molecule has 0 amide bonds. The van der Waals surface area contributed by atoms with Crippen LogP contribution < -0.4 is 11.1 Å². The number of aryl methyl sites for hydroxylation is 1. The van der Waals surface area contributed by atoms with Crippen LogP contribution in [0.4, 0.5) is 17.1 Å². The first-order valence-corrected chi connectivity index (χ1v) is 7.29. The van der Waals surface area contributed by atoms with Crippen molar-refractivity contribution in [2.45, 2.75) is 6.92 Å². The van der Waals surface area contributed by atoms with Crippen molar-refractivity contribution in [1.82, 2.24) is 0 Å². The van der Waals surface area contributed by atoms with Crippen LogP contribution in [0.25, 0.3) is 0 Å². The first-order valence-electron chi connectivity index (χ1n) is 6.12. The largest absolute Gasteiger partial charge is 0.465 e. The molecule has 0 unspecified atom stereocenters. The summed E-state index contributed by atoms with van der Waals surface area (Å²) in [5.74, 6) is -0.501. The summed E-state index contributed by atoms with van der Waals surface area (Å²) < 4.78 is 5.70. The van der Waals surface area contributed by atoms with Gasteiger partial charge >= 0.3 is 5.97 Å². The number of nitrogens with one attached hydrogen (secondary N) is 1. The van der Waals surface area contributed by atoms with Crippen molar-refractivity contribution in [3.05, 3.63) is 51.0 Å². The number of rotatable bonds is 3. The van der Waals surface area contributed by atoms with E-state index in [1.165, 1.54) is 13.2 Å². The predicted molar refractivity (Wildman–Crippen MR) is 89.4 cm³/mol. The second kappa shape index (κ2) is 6.37. The predicted octanol–water partition coefficient (Wildman–Crippen LogP) is 4.52. The Labute approximate surface area is 136 Å². The van der Waals surface area contributed by atoms with Crippen LogP contribution in [-0.4, -0.2) is 13.1 Å². The van der Waals surface area contributed by atoms with E-state index in [-0.39, 0.29) is 0 Å². The Morgan fingerprint density at radius 2 is 2.00 bits per heavy atom. The van der Waals surface area contributed by atoms with Crippen LogP contribution in [-0.2, 0) is 4.74 Å². The first-order chi connectivity index (χ1) is 9.90. The van der Waals surface area contributed by atoms with Gasteiger partial charge in [-0.15, -0.1) is 0 Å². The molecule has 0 heterocycles. The number of ether oxygens (including phenoxy) is 1. The van der Waals surface area contributed by atoms with Crippen LogP contribution in [0, 0.1) is 6.92 Å². The van der Waals surface area contributed by atoms with Crippen LogP contribution in [0.2, 0.25) is 5.02 Å². The molecular formula is C15H14BrClN2O2. The number of carbonyl (C=O) groups is 1. The van der Waals surface area contributed by atoms with Gasteiger partial charge in [-0.3, -0.25) is 0 Å². The Balaban J connectivity index is 2.50. The standard InChI is InChI=1S/C15H14BrClN2O2/c1-8-3-9(16)5-11(4-8)19-14-12(15(20)21-2)6-10(18)7-13(14)17/h3-7,19H,18H2,1-2H3. The number of halogens is 2. The van der Waals surface area contributed by atoms with Crippen LogP contribution in [0.3, 0.4) is 0 Å². The first kappa shape index (κ1) is 15.7. The van der Waals surface area contributed by atoms with E-state index in [1.54, 1.807) is 6.07 Å².